The molecule has 0 atom stereocenters. The van der Waals surface area contributed by atoms with Crippen LogP contribution in [-0.2, 0) is 12.8 Å². The minimum absolute atomic E-state index is 1.06. The predicted molar refractivity (Wildman–Crippen MR) is 95.6 cm³/mol. The van der Waals surface area contributed by atoms with Crippen molar-refractivity contribution in [3.05, 3.63) is 66.0 Å². The maximum atomic E-state index is 4.43. The Kier molecular flexibility index (Phi) is 6.18. The third kappa shape index (κ3) is 5.45. The van der Waals surface area contributed by atoms with E-state index in [1.54, 1.807) is 0 Å². The highest BCUT2D eigenvalue weighted by Crippen LogP contribution is 2.07. The lowest BCUT2D eigenvalue weighted by Crippen LogP contribution is -2.33. The molecule has 23 heavy (non-hydrogen) atoms. The van der Waals surface area contributed by atoms with Crippen LogP contribution in [0.15, 0.2) is 54.7 Å². The number of hydrogen-bond donors (Lipinski definition) is 0. The van der Waals surface area contributed by atoms with Gasteiger partial charge in [0.15, 0.2) is 0 Å². The van der Waals surface area contributed by atoms with Gasteiger partial charge in [-0.3, -0.25) is 4.98 Å². The molecule has 1 aliphatic rings. The van der Waals surface area contributed by atoms with Crippen molar-refractivity contribution in [1.82, 2.24) is 14.8 Å². The maximum absolute atomic E-state index is 4.43. The fourth-order valence-corrected chi connectivity index (χ4v) is 3.22. The molecular weight excluding hydrogens is 282 g/mol. The van der Waals surface area contributed by atoms with Crippen molar-refractivity contribution in [2.24, 2.45) is 0 Å². The van der Waals surface area contributed by atoms with E-state index in [2.05, 4.69) is 57.2 Å². The lowest BCUT2D eigenvalue weighted by molar-refractivity contribution is 0.259. The molecular formula is C20H27N3. The zero-order valence-corrected chi connectivity index (χ0v) is 13.9. The molecule has 0 aliphatic carbocycles. The molecule has 2 heterocycles. The number of pyridine rings is 1. The van der Waals surface area contributed by atoms with Crippen LogP contribution >= 0.6 is 0 Å². The highest BCUT2D eigenvalue weighted by atomic mass is 15.2. The van der Waals surface area contributed by atoms with E-state index in [1.807, 2.05) is 12.3 Å². The number of aromatic nitrogens is 1. The van der Waals surface area contributed by atoms with Gasteiger partial charge >= 0.3 is 0 Å². The molecule has 1 aromatic heterocycles. The van der Waals surface area contributed by atoms with Crippen LogP contribution in [0.2, 0.25) is 0 Å². The van der Waals surface area contributed by atoms with Crippen LogP contribution < -0.4 is 0 Å². The zero-order valence-electron chi connectivity index (χ0n) is 13.9. The molecule has 0 spiro atoms. The summed E-state index contributed by atoms with van der Waals surface area (Å²) in [5.74, 6) is 0. The predicted octanol–water partition coefficient (Wildman–Crippen LogP) is 2.87. The van der Waals surface area contributed by atoms with Crippen LogP contribution in [0.3, 0.4) is 0 Å². The van der Waals surface area contributed by atoms with Crippen LogP contribution in [0.5, 0.6) is 0 Å². The monoisotopic (exact) mass is 309 g/mol. The molecule has 1 fully saturated rings. The van der Waals surface area contributed by atoms with E-state index >= 15 is 0 Å². The quantitative estimate of drug-likeness (QED) is 0.818. The maximum Gasteiger partial charge on any atom is 0.0416 e. The Labute approximate surface area is 140 Å². The van der Waals surface area contributed by atoms with Gasteiger partial charge in [-0.2, -0.15) is 0 Å². The molecule has 2 aromatic rings. The third-order valence-corrected chi connectivity index (χ3v) is 4.65. The lowest BCUT2D eigenvalue weighted by atomic mass is 10.1. The molecule has 3 heteroatoms. The molecule has 0 unspecified atom stereocenters. The molecule has 0 bridgehead atoms. The molecule has 0 radical (unpaired) electrons. The first-order valence-electron chi connectivity index (χ1n) is 8.79. The molecule has 3 nitrogen and oxygen atoms in total. The van der Waals surface area contributed by atoms with E-state index in [0.29, 0.717) is 0 Å². The van der Waals surface area contributed by atoms with Gasteiger partial charge < -0.3 is 9.80 Å². The van der Waals surface area contributed by atoms with Crippen LogP contribution in [0, 0.1) is 0 Å². The van der Waals surface area contributed by atoms with Gasteiger partial charge in [0, 0.05) is 44.5 Å². The smallest absolute Gasteiger partial charge is 0.0416 e. The Bertz CT molecular complexity index is 504. The molecule has 0 saturated carbocycles. The first kappa shape index (κ1) is 16.2. The lowest BCUT2D eigenvalue weighted by Gasteiger charge is -2.21. The Balaban J connectivity index is 1.40. The van der Waals surface area contributed by atoms with Gasteiger partial charge in [-0.25, -0.2) is 0 Å². The second kappa shape index (κ2) is 8.80. The van der Waals surface area contributed by atoms with Crippen molar-refractivity contribution in [2.45, 2.75) is 19.3 Å². The summed E-state index contributed by atoms with van der Waals surface area (Å²) < 4.78 is 0. The van der Waals surface area contributed by atoms with Crippen molar-refractivity contribution >= 4 is 0 Å². The van der Waals surface area contributed by atoms with Gasteiger partial charge in [0.2, 0.25) is 0 Å². The fraction of sp³-hybridized carbons (Fsp3) is 0.450. The van der Waals surface area contributed by atoms with Crippen LogP contribution in [0.4, 0.5) is 0 Å². The van der Waals surface area contributed by atoms with Crippen molar-refractivity contribution in [1.29, 1.82) is 0 Å². The minimum Gasteiger partial charge on any atom is -0.302 e. The number of nitrogens with zero attached hydrogens (tertiary/aromatic N) is 3. The Morgan fingerprint density at radius 3 is 2.13 bits per heavy atom. The summed E-state index contributed by atoms with van der Waals surface area (Å²) in [5, 5.41) is 0. The minimum atomic E-state index is 1.06. The molecule has 1 aliphatic heterocycles. The average Bonchev–Trinajstić information content (AvgIpc) is 2.85. The van der Waals surface area contributed by atoms with Crippen LogP contribution in [0.25, 0.3) is 0 Å². The Morgan fingerprint density at radius 2 is 1.43 bits per heavy atom. The molecule has 3 rings (SSSR count). The normalized spacial score (nSPS) is 17.0. The summed E-state index contributed by atoms with van der Waals surface area (Å²) in [4.78, 5) is 9.64. The summed E-state index contributed by atoms with van der Waals surface area (Å²) in [6.45, 7) is 7.12. The standard InChI is InChI=1S/C20H27N3/c1-2-7-19(8-3-1)10-15-22-13-6-14-23(18-17-22)16-11-20-9-4-5-12-21-20/h1-5,7-9,12H,6,10-11,13-18H2. The summed E-state index contributed by atoms with van der Waals surface area (Å²) in [6, 6.07) is 17.0. The SMILES string of the molecule is c1ccc(CCN2CCCN(CCc3ccccn3)CC2)cc1. The fourth-order valence-electron chi connectivity index (χ4n) is 3.22. The zero-order chi connectivity index (χ0) is 15.7. The van der Waals surface area contributed by atoms with Crippen molar-refractivity contribution in [3.63, 3.8) is 0 Å². The van der Waals surface area contributed by atoms with Gasteiger partial charge in [0.1, 0.15) is 0 Å². The second-order valence-electron chi connectivity index (χ2n) is 6.34. The van der Waals surface area contributed by atoms with Crippen molar-refractivity contribution in [3.8, 4) is 0 Å². The molecule has 1 aromatic carbocycles. The summed E-state index contributed by atoms with van der Waals surface area (Å²) >= 11 is 0. The van der Waals surface area contributed by atoms with Crippen molar-refractivity contribution in [2.75, 3.05) is 39.3 Å². The molecule has 122 valence electrons. The Morgan fingerprint density at radius 1 is 0.739 bits per heavy atom. The van der Waals surface area contributed by atoms with Gasteiger partial charge in [-0.1, -0.05) is 36.4 Å². The first-order chi connectivity index (χ1) is 11.4. The summed E-state index contributed by atoms with van der Waals surface area (Å²) in [6.07, 6.45) is 5.39. The first-order valence-corrected chi connectivity index (χ1v) is 8.79. The molecule has 0 amide bonds. The Hall–Kier alpha value is -1.71. The summed E-state index contributed by atoms with van der Waals surface area (Å²) in [7, 11) is 0. The number of hydrogen-bond acceptors (Lipinski definition) is 3. The topological polar surface area (TPSA) is 19.4 Å². The van der Waals surface area contributed by atoms with E-state index in [9.17, 15) is 0 Å². The van der Waals surface area contributed by atoms with Gasteiger partial charge in [0.05, 0.1) is 0 Å². The average molecular weight is 309 g/mol. The van der Waals surface area contributed by atoms with E-state index in [-0.39, 0.29) is 0 Å². The number of benzene rings is 1. The van der Waals surface area contributed by atoms with Gasteiger partial charge in [-0.15, -0.1) is 0 Å². The van der Waals surface area contributed by atoms with Gasteiger partial charge in [0.25, 0.3) is 0 Å². The highest BCUT2D eigenvalue weighted by Gasteiger charge is 2.14. The van der Waals surface area contributed by atoms with Crippen LogP contribution in [-0.4, -0.2) is 54.1 Å². The van der Waals surface area contributed by atoms with E-state index in [0.717, 1.165) is 19.4 Å². The summed E-state index contributed by atoms with van der Waals surface area (Å²) in [5.41, 5.74) is 2.65. The highest BCUT2D eigenvalue weighted by molar-refractivity contribution is 5.14. The second-order valence-corrected chi connectivity index (χ2v) is 6.34. The molecule has 0 N–H and O–H groups in total. The van der Waals surface area contributed by atoms with E-state index in [1.165, 1.54) is 50.4 Å². The third-order valence-electron chi connectivity index (χ3n) is 4.65. The molecule has 1 saturated heterocycles. The van der Waals surface area contributed by atoms with E-state index in [4.69, 9.17) is 0 Å². The van der Waals surface area contributed by atoms with E-state index < -0.39 is 0 Å². The largest absolute Gasteiger partial charge is 0.302 e. The van der Waals surface area contributed by atoms with Crippen molar-refractivity contribution < 1.29 is 0 Å². The van der Waals surface area contributed by atoms with Crippen LogP contribution in [0.1, 0.15) is 17.7 Å². The number of rotatable bonds is 6. The van der Waals surface area contributed by atoms with Gasteiger partial charge in [-0.05, 0) is 43.6 Å².